The smallest absolute Gasteiger partial charge is 0.259 e. The summed E-state index contributed by atoms with van der Waals surface area (Å²) < 4.78 is 2.47. The Kier molecular flexibility index (Phi) is 3.31. The highest BCUT2D eigenvalue weighted by Crippen LogP contribution is 2.21. The van der Waals surface area contributed by atoms with Gasteiger partial charge in [-0.3, -0.25) is 9.20 Å². The highest BCUT2D eigenvalue weighted by atomic mass is 79.9. The number of rotatable bonds is 1. The van der Waals surface area contributed by atoms with E-state index < -0.39 is 0 Å². The van der Waals surface area contributed by atoms with Crippen LogP contribution in [0.3, 0.4) is 0 Å². The summed E-state index contributed by atoms with van der Waals surface area (Å²) in [5.41, 5.74) is 1.71. The summed E-state index contributed by atoms with van der Waals surface area (Å²) in [4.78, 5) is 19.1. The number of pyridine rings is 1. The van der Waals surface area contributed by atoms with Crippen LogP contribution in [-0.2, 0) is 0 Å². The summed E-state index contributed by atoms with van der Waals surface area (Å²) in [5.74, 6) is 0.800. The Morgan fingerprint density at radius 2 is 1.95 bits per heavy atom. The van der Waals surface area contributed by atoms with E-state index in [1.165, 1.54) is 19.3 Å². The molecule has 3 rings (SSSR count). The number of aryl methyl sites for hydroxylation is 1. The lowest BCUT2D eigenvalue weighted by Crippen LogP contribution is -2.31. The lowest BCUT2D eigenvalue weighted by molar-refractivity contribution is 0.573. The molecule has 1 saturated heterocycles. The average molecular weight is 322 g/mol. The van der Waals surface area contributed by atoms with Crippen molar-refractivity contribution in [1.82, 2.24) is 9.38 Å². The van der Waals surface area contributed by atoms with Gasteiger partial charge in [0.25, 0.3) is 5.56 Å². The maximum Gasteiger partial charge on any atom is 0.259 e. The van der Waals surface area contributed by atoms with Gasteiger partial charge in [0, 0.05) is 25.4 Å². The van der Waals surface area contributed by atoms with Gasteiger partial charge in [-0.05, 0) is 53.7 Å². The first-order valence-electron chi connectivity index (χ1n) is 6.60. The van der Waals surface area contributed by atoms with Crippen molar-refractivity contribution in [2.45, 2.75) is 26.2 Å². The van der Waals surface area contributed by atoms with Gasteiger partial charge in [0.2, 0.25) is 0 Å². The molecule has 5 heteroatoms. The molecule has 0 amide bonds. The van der Waals surface area contributed by atoms with Crippen molar-refractivity contribution in [2.24, 2.45) is 0 Å². The van der Waals surface area contributed by atoms with E-state index >= 15 is 0 Å². The van der Waals surface area contributed by atoms with E-state index in [-0.39, 0.29) is 5.56 Å². The fourth-order valence-corrected chi connectivity index (χ4v) is 3.20. The lowest BCUT2D eigenvalue weighted by atomic mass is 10.1. The lowest BCUT2D eigenvalue weighted by Gasteiger charge is -2.27. The van der Waals surface area contributed by atoms with Crippen LogP contribution in [-0.4, -0.2) is 22.5 Å². The molecule has 0 aliphatic carbocycles. The molecule has 0 aromatic carbocycles. The molecule has 2 aromatic heterocycles. The molecule has 1 fully saturated rings. The van der Waals surface area contributed by atoms with Crippen LogP contribution >= 0.6 is 15.9 Å². The number of halogens is 1. The van der Waals surface area contributed by atoms with Crippen molar-refractivity contribution < 1.29 is 0 Å². The van der Waals surface area contributed by atoms with Crippen LogP contribution in [0.25, 0.3) is 5.65 Å². The van der Waals surface area contributed by atoms with Crippen molar-refractivity contribution in [3.8, 4) is 0 Å². The van der Waals surface area contributed by atoms with Gasteiger partial charge >= 0.3 is 0 Å². The van der Waals surface area contributed by atoms with Crippen molar-refractivity contribution in [1.29, 1.82) is 0 Å². The van der Waals surface area contributed by atoms with Crippen LogP contribution in [0.15, 0.2) is 27.6 Å². The van der Waals surface area contributed by atoms with Gasteiger partial charge in [-0.1, -0.05) is 0 Å². The van der Waals surface area contributed by atoms with Crippen LogP contribution in [0.1, 0.15) is 24.8 Å². The molecule has 0 N–H and O–H groups in total. The Hall–Kier alpha value is -1.36. The Bertz CT molecular complexity index is 674. The topological polar surface area (TPSA) is 37.6 Å². The van der Waals surface area contributed by atoms with Crippen molar-refractivity contribution >= 4 is 27.4 Å². The van der Waals surface area contributed by atoms with Gasteiger partial charge < -0.3 is 4.90 Å². The minimum absolute atomic E-state index is 0.0185. The van der Waals surface area contributed by atoms with Crippen molar-refractivity contribution in [3.05, 3.63) is 38.7 Å². The van der Waals surface area contributed by atoms with Crippen LogP contribution in [0, 0.1) is 6.92 Å². The number of aromatic nitrogens is 2. The summed E-state index contributed by atoms with van der Waals surface area (Å²) in [7, 11) is 0. The highest BCUT2D eigenvalue weighted by Gasteiger charge is 2.14. The highest BCUT2D eigenvalue weighted by molar-refractivity contribution is 9.10. The molecule has 19 heavy (non-hydrogen) atoms. The molecule has 0 spiro atoms. The minimum Gasteiger partial charge on any atom is -0.356 e. The predicted molar refractivity (Wildman–Crippen MR) is 80.0 cm³/mol. The Morgan fingerprint density at radius 3 is 2.68 bits per heavy atom. The maximum atomic E-state index is 12.2. The Labute approximate surface area is 120 Å². The zero-order chi connectivity index (χ0) is 13.4. The monoisotopic (exact) mass is 321 g/mol. The zero-order valence-electron chi connectivity index (χ0n) is 10.9. The largest absolute Gasteiger partial charge is 0.356 e. The van der Waals surface area contributed by atoms with Crippen molar-refractivity contribution in [2.75, 3.05) is 18.0 Å². The first-order valence-corrected chi connectivity index (χ1v) is 7.39. The average Bonchev–Trinajstić information content (AvgIpc) is 2.41. The minimum atomic E-state index is -0.0185. The molecule has 1 aliphatic heterocycles. The van der Waals surface area contributed by atoms with E-state index in [1.54, 1.807) is 10.5 Å². The molecule has 0 atom stereocenters. The van der Waals surface area contributed by atoms with E-state index in [2.05, 4.69) is 25.8 Å². The second-order valence-electron chi connectivity index (χ2n) is 5.06. The normalized spacial score (nSPS) is 16.0. The van der Waals surface area contributed by atoms with E-state index in [1.807, 2.05) is 19.2 Å². The maximum absolute atomic E-state index is 12.2. The van der Waals surface area contributed by atoms with Crippen molar-refractivity contribution in [3.63, 3.8) is 0 Å². The fraction of sp³-hybridized carbons (Fsp3) is 0.429. The third kappa shape index (κ3) is 2.39. The predicted octanol–water partition coefficient (Wildman–Crippen LogP) is 2.76. The van der Waals surface area contributed by atoms with Gasteiger partial charge in [0.1, 0.15) is 5.82 Å². The fourth-order valence-electron chi connectivity index (χ4n) is 2.56. The number of anilines is 1. The van der Waals surface area contributed by atoms with E-state index in [0.29, 0.717) is 5.65 Å². The molecule has 0 unspecified atom stereocenters. The molecular formula is C14H16BrN3O. The van der Waals surface area contributed by atoms with Gasteiger partial charge in [-0.15, -0.1) is 0 Å². The van der Waals surface area contributed by atoms with Crippen LogP contribution in [0.5, 0.6) is 0 Å². The number of hydrogen-bond acceptors (Lipinski definition) is 3. The molecule has 4 nitrogen and oxygen atoms in total. The summed E-state index contributed by atoms with van der Waals surface area (Å²) in [5, 5.41) is 0. The van der Waals surface area contributed by atoms with E-state index in [0.717, 1.165) is 28.9 Å². The Balaban J connectivity index is 2.15. The molecule has 0 radical (unpaired) electrons. The van der Waals surface area contributed by atoms with E-state index in [9.17, 15) is 4.79 Å². The van der Waals surface area contributed by atoms with Crippen LogP contribution < -0.4 is 10.5 Å². The molecule has 1 aliphatic rings. The second kappa shape index (κ2) is 4.96. The van der Waals surface area contributed by atoms with Gasteiger partial charge in [-0.2, -0.15) is 0 Å². The van der Waals surface area contributed by atoms with Gasteiger partial charge in [0.05, 0.1) is 4.47 Å². The standard InChI is InChI=1S/C14H16BrN3O/c1-10-7-11(15)14-16-12(8-13(19)18(14)9-10)17-5-3-2-4-6-17/h7-9H,2-6H2,1H3. The van der Waals surface area contributed by atoms with Gasteiger partial charge in [0.15, 0.2) is 5.65 Å². The third-order valence-corrected chi connectivity index (χ3v) is 4.10. The summed E-state index contributed by atoms with van der Waals surface area (Å²) in [6, 6.07) is 3.63. The first kappa shape index (κ1) is 12.7. The summed E-state index contributed by atoms with van der Waals surface area (Å²) in [6.07, 6.45) is 5.45. The summed E-state index contributed by atoms with van der Waals surface area (Å²) >= 11 is 3.50. The van der Waals surface area contributed by atoms with Crippen LogP contribution in [0.4, 0.5) is 5.82 Å². The number of hydrogen-bond donors (Lipinski definition) is 0. The quantitative estimate of drug-likeness (QED) is 0.810. The third-order valence-electron chi connectivity index (χ3n) is 3.52. The Morgan fingerprint density at radius 1 is 1.21 bits per heavy atom. The molecule has 0 bridgehead atoms. The zero-order valence-corrected chi connectivity index (χ0v) is 12.5. The van der Waals surface area contributed by atoms with E-state index in [4.69, 9.17) is 0 Å². The molecule has 0 saturated carbocycles. The summed E-state index contributed by atoms with van der Waals surface area (Å²) in [6.45, 7) is 3.95. The number of piperidine rings is 1. The molecular weight excluding hydrogens is 306 g/mol. The van der Waals surface area contributed by atoms with Gasteiger partial charge in [-0.25, -0.2) is 4.98 Å². The number of fused-ring (bicyclic) bond motifs is 1. The SMILES string of the molecule is Cc1cc(Br)c2nc(N3CCCCC3)cc(=O)n2c1. The molecule has 2 aromatic rings. The molecule has 3 heterocycles. The number of nitrogens with zero attached hydrogens (tertiary/aromatic N) is 3. The van der Waals surface area contributed by atoms with Crippen LogP contribution in [0.2, 0.25) is 0 Å². The second-order valence-corrected chi connectivity index (χ2v) is 5.91. The first-order chi connectivity index (χ1) is 9.15. The molecule has 100 valence electrons.